The number of ether oxygens (including phenoxy) is 1. The van der Waals surface area contributed by atoms with Crippen LogP contribution in [0.15, 0.2) is 41.9 Å². The van der Waals surface area contributed by atoms with Crippen molar-refractivity contribution in [1.29, 1.82) is 0 Å². The van der Waals surface area contributed by atoms with E-state index in [-0.39, 0.29) is 11.8 Å². The Morgan fingerprint density at radius 1 is 1.33 bits per heavy atom. The fraction of sp³-hybridized carbons (Fsp3) is 0.353. The highest BCUT2D eigenvalue weighted by molar-refractivity contribution is 7.12. The fourth-order valence-electron chi connectivity index (χ4n) is 2.17. The van der Waals surface area contributed by atoms with Crippen molar-refractivity contribution in [3.63, 3.8) is 0 Å². The predicted octanol–water partition coefficient (Wildman–Crippen LogP) is 1.94. The third-order valence-corrected chi connectivity index (χ3v) is 4.29. The van der Waals surface area contributed by atoms with Crippen molar-refractivity contribution in [2.24, 2.45) is 0 Å². The van der Waals surface area contributed by atoms with Crippen LogP contribution in [0.5, 0.6) is 0 Å². The Balaban J connectivity index is 2.01. The number of rotatable bonds is 8. The molecule has 0 spiro atoms. The number of hydrogen-bond acceptors (Lipinski definition) is 5. The van der Waals surface area contributed by atoms with Crippen LogP contribution in [-0.4, -0.2) is 48.0 Å². The molecule has 7 heteroatoms. The molecule has 1 N–H and O–H groups in total. The number of carbonyl (C=O) groups excluding carboxylic acids is 2. The Morgan fingerprint density at radius 3 is 2.79 bits per heavy atom. The van der Waals surface area contributed by atoms with E-state index in [2.05, 4.69) is 10.3 Å². The lowest BCUT2D eigenvalue weighted by Gasteiger charge is -2.25. The van der Waals surface area contributed by atoms with Crippen molar-refractivity contribution in [3.8, 4) is 0 Å². The van der Waals surface area contributed by atoms with Gasteiger partial charge in [0, 0.05) is 19.9 Å². The van der Waals surface area contributed by atoms with Gasteiger partial charge in [0.1, 0.15) is 6.04 Å². The largest absolute Gasteiger partial charge is 0.383 e. The third kappa shape index (κ3) is 5.14. The highest BCUT2D eigenvalue weighted by atomic mass is 32.1. The first-order chi connectivity index (χ1) is 11.6. The number of thiophene rings is 1. The minimum atomic E-state index is -0.625. The summed E-state index contributed by atoms with van der Waals surface area (Å²) in [6.07, 6.45) is 1.69. The van der Waals surface area contributed by atoms with E-state index in [4.69, 9.17) is 4.74 Å². The topological polar surface area (TPSA) is 71.5 Å². The maximum atomic E-state index is 12.7. The van der Waals surface area contributed by atoms with Gasteiger partial charge in [-0.1, -0.05) is 12.1 Å². The standard InChI is InChI=1S/C17H21N3O3S/c1-13(19-16(21)15-7-5-11-24-15)17(22)20(9-10-23-2)12-14-6-3-4-8-18-14/h3-8,11,13H,9-10,12H2,1-2H3,(H,19,21)/t13-/m0/s1. The molecule has 0 aliphatic carbocycles. The summed E-state index contributed by atoms with van der Waals surface area (Å²) in [7, 11) is 1.59. The molecule has 0 aromatic carbocycles. The minimum absolute atomic E-state index is 0.164. The maximum Gasteiger partial charge on any atom is 0.261 e. The van der Waals surface area contributed by atoms with Crippen molar-refractivity contribution in [1.82, 2.24) is 15.2 Å². The molecule has 2 heterocycles. The highest BCUT2D eigenvalue weighted by Crippen LogP contribution is 2.09. The Morgan fingerprint density at radius 2 is 2.17 bits per heavy atom. The lowest BCUT2D eigenvalue weighted by Crippen LogP contribution is -2.47. The lowest BCUT2D eigenvalue weighted by molar-refractivity contribution is -0.134. The third-order valence-electron chi connectivity index (χ3n) is 3.42. The average Bonchev–Trinajstić information content (AvgIpc) is 3.13. The summed E-state index contributed by atoms with van der Waals surface area (Å²) in [6, 6.07) is 8.48. The second-order valence-electron chi connectivity index (χ2n) is 5.25. The molecule has 0 saturated carbocycles. The molecule has 0 aliphatic heterocycles. The van der Waals surface area contributed by atoms with Crippen LogP contribution in [0.2, 0.25) is 0 Å². The first kappa shape index (κ1) is 18.1. The fourth-order valence-corrected chi connectivity index (χ4v) is 2.79. The number of pyridine rings is 1. The molecule has 24 heavy (non-hydrogen) atoms. The maximum absolute atomic E-state index is 12.7. The highest BCUT2D eigenvalue weighted by Gasteiger charge is 2.23. The molecule has 128 valence electrons. The Bertz CT molecular complexity index is 646. The van der Waals surface area contributed by atoms with Gasteiger partial charge in [-0.25, -0.2) is 0 Å². The van der Waals surface area contributed by atoms with Gasteiger partial charge in [-0.2, -0.15) is 0 Å². The molecule has 1 atom stereocenters. The van der Waals surface area contributed by atoms with Gasteiger partial charge in [-0.15, -0.1) is 11.3 Å². The van der Waals surface area contributed by atoms with E-state index in [1.54, 1.807) is 37.3 Å². The van der Waals surface area contributed by atoms with Crippen LogP contribution in [-0.2, 0) is 16.1 Å². The van der Waals surface area contributed by atoms with Crippen LogP contribution in [0, 0.1) is 0 Å². The molecule has 0 saturated heterocycles. The first-order valence-electron chi connectivity index (χ1n) is 7.64. The van der Waals surface area contributed by atoms with E-state index in [9.17, 15) is 9.59 Å². The van der Waals surface area contributed by atoms with Crippen molar-refractivity contribution >= 4 is 23.2 Å². The van der Waals surface area contributed by atoms with Crippen LogP contribution in [0.1, 0.15) is 22.3 Å². The summed E-state index contributed by atoms with van der Waals surface area (Å²) in [6.45, 7) is 2.92. The van der Waals surface area contributed by atoms with Crippen LogP contribution in [0.3, 0.4) is 0 Å². The van der Waals surface area contributed by atoms with Gasteiger partial charge in [0.2, 0.25) is 5.91 Å². The zero-order chi connectivity index (χ0) is 17.4. The monoisotopic (exact) mass is 347 g/mol. The average molecular weight is 347 g/mol. The van der Waals surface area contributed by atoms with E-state index >= 15 is 0 Å². The minimum Gasteiger partial charge on any atom is -0.383 e. The van der Waals surface area contributed by atoms with Gasteiger partial charge in [-0.05, 0) is 30.5 Å². The number of carbonyl (C=O) groups is 2. The van der Waals surface area contributed by atoms with Gasteiger partial charge in [0.25, 0.3) is 5.91 Å². The van der Waals surface area contributed by atoms with Crippen molar-refractivity contribution in [2.45, 2.75) is 19.5 Å². The molecule has 0 radical (unpaired) electrons. The summed E-state index contributed by atoms with van der Waals surface area (Å²) in [5.41, 5.74) is 0.790. The van der Waals surface area contributed by atoms with E-state index in [0.717, 1.165) is 5.69 Å². The van der Waals surface area contributed by atoms with E-state index in [0.29, 0.717) is 24.6 Å². The van der Waals surface area contributed by atoms with Gasteiger partial charge in [0.05, 0.1) is 23.7 Å². The molecule has 2 rings (SSSR count). The van der Waals surface area contributed by atoms with Gasteiger partial charge < -0.3 is 15.0 Å². The molecular weight excluding hydrogens is 326 g/mol. The van der Waals surface area contributed by atoms with Crippen molar-refractivity contribution in [3.05, 3.63) is 52.5 Å². The predicted molar refractivity (Wildman–Crippen MR) is 92.8 cm³/mol. The Hall–Kier alpha value is -2.25. The molecule has 2 aromatic rings. The zero-order valence-electron chi connectivity index (χ0n) is 13.8. The molecule has 0 unspecified atom stereocenters. The van der Waals surface area contributed by atoms with Crippen molar-refractivity contribution < 1.29 is 14.3 Å². The SMILES string of the molecule is COCCN(Cc1ccccn1)C(=O)[C@H](C)NC(=O)c1cccs1. The molecular formula is C17H21N3O3S. The Labute approximate surface area is 145 Å². The number of amides is 2. The summed E-state index contributed by atoms with van der Waals surface area (Å²) in [5.74, 6) is -0.405. The number of aromatic nitrogens is 1. The van der Waals surface area contributed by atoms with Gasteiger partial charge in [0.15, 0.2) is 0 Å². The normalized spacial score (nSPS) is 11.8. The number of nitrogens with zero attached hydrogens (tertiary/aromatic N) is 2. The molecule has 2 aromatic heterocycles. The summed E-state index contributed by atoms with van der Waals surface area (Å²) in [5, 5.41) is 4.57. The molecule has 0 bridgehead atoms. The first-order valence-corrected chi connectivity index (χ1v) is 8.51. The Kier molecular flexibility index (Phi) is 6.89. The number of hydrogen-bond donors (Lipinski definition) is 1. The second-order valence-corrected chi connectivity index (χ2v) is 6.19. The molecule has 2 amide bonds. The lowest BCUT2D eigenvalue weighted by atomic mass is 10.2. The van der Waals surface area contributed by atoms with Gasteiger partial charge >= 0.3 is 0 Å². The zero-order valence-corrected chi connectivity index (χ0v) is 14.6. The molecule has 0 fully saturated rings. The van der Waals surface area contributed by atoms with Crippen molar-refractivity contribution in [2.75, 3.05) is 20.3 Å². The molecule has 6 nitrogen and oxygen atoms in total. The quantitative estimate of drug-likeness (QED) is 0.792. The second kappa shape index (κ2) is 9.14. The van der Waals surface area contributed by atoms with E-state index in [1.807, 2.05) is 23.6 Å². The van der Waals surface area contributed by atoms with Crippen LogP contribution in [0.25, 0.3) is 0 Å². The summed E-state index contributed by atoms with van der Waals surface area (Å²) < 4.78 is 5.08. The number of nitrogens with one attached hydrogen (secondary N) is 1. The summed E-state index contributed by atoms with van der Waals surface area (Å²) >= 11 is 1.34. The molecule has 0 aliphatic rings. The number of methoxy groups -OCH3 is 1. The smallest absolute Gasteiger partial charge is 0.261 e. The van der Waals surface area contributed by atoms with E-state index < -0.39 is 6.04 Å². The van der Waals surface area contributed by atoms with Gasteiger partial charge in [-0.3, -0.25) is 14.6 Å². The summed E-state index contributed by atoms with van der Waals surface area (Å²) in [4.78, 5) is 31.3. The van der Waals surface area contributed by atoms with Crippen LogP contribution in [0.4, 0.5) is 0 Å². The van der Waals surface area contributed by atoms with E-state index in [1.165, 1.54) is 11.3 Å². The van der Waals surface area contributed by atoms with Crippen LogP contribution >= 0.6 is 11.3 Å². The van der Waals surface area contributed by atoms with Crippen LogP contribution < -0.4 is 5.32 Å².